The number of pyridine rings is 1. The standard InChI is InChI=1S/C25H20N2O6/c1-32-17-11-18-21(27-13-17)24(31)22(28)19(23(29)30)20(15-5-3-2-4-6-15)25(24,33-18)16-9-7-14(12-26)8-10-16/h2-11,13,19-20,22,28,31H,1H3,(H,29,30)/t19-,20-,22-,24+,25+/m1/s1. The lowest BCUT2D eigenvalue weighted by molar-refractivity contribution is -0.160. The molecule has 1 saturated carbocycles. The lowest BCUT2D eigenvalue weighted by atomic mass is 9.71. The van der Waals surface area contributed by atoms with E-state index < -0.39 is 35.1 Å². The highest BCUT2D eigenvalue weighted by molar-refractivity contribution is 5.76. The molecule has 1 fully saturated rings. The van der Waals surface area contributed by atoms with Gasteiger partial charge in [0.05, 0.1) is 30.9 Å². The number of hydrogen-bond acceptors (Lipinski definition) is 7. The zero-order valence-corrected chi connectivity index (χ0v) is 17.5. The predicted molar refractivity (Wildman–Crippen MR) is 114 cm³/mol. The summed E-state index contributed by atoms with van der Waals surface area (Å²) in [6.07, 6.45) is -0.356. The highest BCUT2D eigenvalue weighted by atomic mass is 16.5. The Balaban J connectivity index is 1.85. The van der Waals surface area contributed by atoms with Crippen LogP contribution in [0.5, 0.6) is 11.5 Å². The summed E-state index contributed by atoms with van der Waals surface area (Å²) in [5.41, 5.74) is -2.51. The van der Waals surface area contributed by atoms with Crippen LogP contribution >= 0.6 is 0 Å². The molecule has 5 atom stereocenters. The molecule has 3 N–H and O–H groups in total. The zero-order valence-electron chi connectivity index (χ0n) is 17.5. The molecule has 1 aliphatic heterocycles. The third-order valence-electron chi connectivity index (χ3n) is 6.71. The fraction of sp³-hybridized carbons (Fsp3) is 0.240. The first-order chi connectivity index (χ1) is 15.9. The highest BCUT2D eigenvalue weighted by Gasteiger charge is 2.78. The first-order valence-corrected chi connectivity index (χ1v) is 10.3. The summed E-state index contributed by atoms with van der Waals surface area (Å²) in [4.78, 5) is 16.8. The number of carboxylic acids is 1. The van der Waals surface area contributed by atoms with E-state index in [4.69, 9.17) is 9.47 Å². The lowest BCUT2D eigenvalue weighted by Crippen LogP contribution is -2.52. The van der Waals surface area contributed by atoms with Crippen LogP contribution in [0.1, 0.15) is 28.3 Å². The second-order valence-corrected chi connectivity index (χ2v) is 8.21. The molecule has 2 aliphatic rings. The van der Waals surface area contributed by atoms with Crippen molar-refractivity contribution in [1.29, 1.82) is 5.26 Å². The molecule has 1 aliphatic carbocycles. The molecule has 8 nitrogen and oxygen atoms in total. The molecule has 2 heterocycles. The van der Waals surface area contributed by atoms with Crippen LogP contribution in [-0.2, 0) is 16.0 Å². The van der Waals surface area contributed by atoms with E-state index in [9.17, 15) is 25.4 Å². The molecule has 0 spiro atoms. The fourth-order valence-electron chi connectivity index (χ4n) is 5.32. The van der Waals surface area contributed by atoms with Gasteiger partial charge >= 0.3 is 5.97 Å². The molecule has 0 bridgehead atoms. The number of hydrogen-bond donors (Lipinski definition) is 3. The quantitative estimate of drug-likeness (QED) is 0.558. The van der Waals surface area contributed by atoms with Crippen molar-refractivity contribution in [2.75, 3.05) is 7.11 Å². The number of carboxylic acid groups (broad SMARTS) is 1. The van der Waals surface area contributed by atoms with E-state index in [1.54, 1.807) is 60.7 Å². The first-order valence-electron chi connectivity index (χ1n) is 10.3. The van der Waals surface area contributed by atoms with Crippen LogP contribution < -0.4 is 9.47 Å². The van der Waals surface area contributed by atoms with Crippen LogP contribution in [0.3, 0.4) is 0 Å². The minimum Gasteiger partial charge on any atom is -0.495 e. The number of aromatic nitrogens is 1. The monoisotopic (exact) mass is 444 g/mol. The maximum atomic E-state index is 12.4. The molecule has 0 saturated heterocycles. The first kappa shape index (κ1) is 20.9. The van der Waals surface area contributed by atoms with Gasteiger partial charge in [0.15, 0.2) is 11.2 Å². The number of nitrogens with zero attached hydrogens (tertiary/aromatic N) is 2. The smallest absolute Gasteiger partial charge is 0.310 e. The van der Waals surface area contributed by atoms with Crippen molar-refractivity contribution in [3.63, 3.8) is 0 Å². The Bertz CT molecular complexity index is 1270. The number of aliphatic hydroxyl groups excluding tert-OH is 1. The SMILES string of the molecule is COc1cnc2c(c1)O[C@@]1(c3ccc(C#N)cc3)[C@H](c3ccccc3)[C@@H](C(=O)O)[C@@H](O)[C@@]21O. The number of aliphatic hydroxyl groups is 2. The summed E-state index contributed by atoms with van der Waals surface area (Å²) < 4.78 is 11.7. The molecular formula is C25H20N2O6. The third kappa shape index (κ3) is 2.64. The van der Waals surface area contributed by atoms with Crippen molar-refractivity contribution >= 4 is 5.97 Å². The number of nitriles is 1. The van der Waals surface area contributed by atoms with Crippen molar-refractivity contribution in [3.05, 3.63) is 89.2 Å². The summed E-state index contributed by atoms with van der Waals surface area (Å²) in [6, 6.07) is 18.7. The second-order valence-electron chi connectivity index (χ2n) is 8.21. The summed E-state index contributed by atoms with van der Waals surface area (Å²) >= 11 is 0. The van der Waals surface area contributed by atoms with Gasteiger partial charge in [-0.05, 0) is 23.3 Å². The Hall–Kier alpha value is -3.93. The number of methoxy groups -OCH3 is 1. The van der Waals surface area contributed by atoms with Gasteiger partial charge in [0.2, 0.25) is 0 Å². The van der Waals surface area contributed by atoms with Crippen molar-refractivity contribution in [2.24, 2.45) is 5.92 Å². The van der Waals surface area contributed by atoms with Gasteiger partial charge in [-0.3, -0.25) is 9.78 Å². The summed E-state index contributed by atoms with van der Waals surface area (Å²) in [5, 5.41) is 43.0. The topological polar surface area (TPSA) is 133 Å². The third-order valence-corrected chi connectivity index (χ3v) is 6.71. The van der Waals surface area contributed by atoms with Crippen molar-refractivity contribution in [2.45, 2.75) is 23.2 Å². The number of rotatable bonds is 4. The van der Waals surface area contributed by atoms with Gasteiger partial charge < -0.3 is 24.8 Å². The van der Waals surface area contributed by atoms with E-state index in [0.29, 0.717) is 22.4 Å². The van der Waals surface area contributed by atoms with Gasteiger partial charge in [-0.2, -0.15) is 5.26 Å². The summed E-state index contributed by atoms with van der Waals surface area (Å²) in [7, 11) is 1.46. The molecule has 0 amide bonds. The normalized spacial score (nSPS) is 29.5. The Labute approximate surface area is 189 Å². The summed E-state index contributed by atoms with van der Waals surface area (Å²) in [6.45, 7) is 0. The fourth-order valence-corrected chi connectivity index (χ4v) is 5.32. The lowest BCUT2D eigenvalue weighted by Gasteiger charge is -2.40. The molecule has 1 aromatic heterocycles. The van der Waals surface area contributed by atoms with E-state index in [2.05, 4.69) is 4.98 Å². The van der Waals surface area contributed by atoms with E-state index in [0.717, 1.165) is 0 Å². The van der Waals surface area contributed by atoms with E-state index in [-0.39, 0.29) is 11.4 Å². The average Bonchev–Trinajstić information content (AvgIpc) is 3.22. The van der Waals surface area contributed by atoms with Crippen LogP contribution in [0.25, 0.3) is 0 Å². The summed E-state index contributed by atoms with van der Waals surface area (Å²) in [5.74, 6) is -3.09. The molecule has 2 aromatic carbocycles. The minimum absolute atomic E-state index is 0.0323. The molecule has 5 rings (SSSR count). The average molecular weight is 444 g/mol. The predicted octanol–water partition coefficient (Wildman–Crippen LogP) is 2.30. The molecule has 0 radical (unpaired) electrons. The maximum absolute atomic E-state index is 12.4. The van der Waals surface area contributed by atoms with Crippen LogP contribution in [0, 0.1) is 17.2 Å². The Morgan fingerprint density at radius 3 is 2.48 bits per heavy atom. The van der Waals surface area contributed by atoms with Crippen LogP contribution in [0.2, 0.25) is 0 Å². The van der Waals surface area contributed by atoms with Crippen LogP contribution in [0.15, 0.2) is 66.9 Å². The number of ether oxygens (including phenoxy) is 2. The number of aliphatic carboxylic acids is 1. The maximum Gasteiger partial charge on any atom is 0.310 e. The number of carbonyl (C=O) groups is 1. The van der Waals surface area contributed by atoms with Crippen molar-refractivity contribution in [1.82, 2.24) is 4.98 Å². The minimum atomic E-state index is -2.19. The Kier molecular flexibility index (Phi) is 4.64. The Morgan fingerprint density at radius 2 is 1.88 bits per heavy atom. The molecule has 0 unspecified atom stereocenters. The van der Waals surface area contributed by atoms with Gasteiger partial charge in [0, 0.05) is 12.0 Å². The molecular weight excluding hydrogens is 424 g/mol. The van der Waals surface area contributed by atoms with Gasteiger partial charge in [-0.25, -0.2) is 0 Å². The van der Waals surface area contributed by atoms with Gasteiger partial charge in [-0.1, -0.05) is 42.5 Å². The van der Waals surface area contributed by atoms with Gasteiger partial charge in [0.25, 0.3) is 0 Å². The molecule has 166 valence electrons. The van der Waals surface area contributed by atoms with E-state index in [1.165, 1.54) is 13.3 Å². The molecule has 8 heteroatoms. The highest BCUT2D eigenvalue weighted by Crippen LogP contribution is 2.68. The number of fused-ring (bicyclic) bond motifs is 3. The van der Waals surface area contributed by atoms with Gasteiger partial charge in [0.1, 0.15) is 23.3 Å². The number of benzene rings is 2. The molecule has 3 aromatic rings. The second kappa shape index (κ2) is 7.30. The van der Waals surface area contributed by atoms with Crippen molar-refractivity contribution in [3.8, 4) is 17.6 Å². The van der Waals surface area contributed by atoms with Crippen LogP contribution in [0.4, 0.5) is 0 Å². The van der Waals surface area contributed by atoms with Crippen molar-refractivity contribution < 1.29 is 29.6 Å². The van der Waals surface area contributed by atoms with E-state index >= 15 is 0 Å². The largest absolute Gasteiger partial charge is 0.495 e. The van der Waals surface area contributed by atoms with Gasteiger partial charge in [-0.15, -0.1) is 0 Å². The zero-order chi connectivity index (χ0) is 23.4. The van der Waals surface area contributed by atoms with Crippen LogP contribution in [-0.4, -0.2) is 39.5 Å². The van der Waals surface area contributed by atoms with E-state index in [1.807, 2.05) is 6.07 Å². The Morgan fingerprint density at radius 1 is 1.18 bits per heavy atom. The molecule has 33 heavy (non-hydrogen) atoms.